The molecule has 0 aromatic rings. The molecule has 0 amide bonds. The van der Waals surface area contributed by atoms with Crippen LogP contribution in [0.3, 0.4) is 0 Å². The maximum absolute atomic E-state index is 6.19. The van der Waals surface area contributed by atoms with Gasteiger partial charge in [-0.15, -0.1) is 0 Å². The number of ether oxygens (including phenoxy) is 1. The summed E-state index contributed by atoms with van der Waals surface area (Å²) in [5.41, 5.74) is 0.248. The van der Waals surface area contributed by atoms with Crippen molar-refractivity contribution in [1.29, 1.82) is 0 Å². The zero-order chi connectivity index (χ0) is 13.3. The molecule has 5 unspecified atom stereocenters. The lowest BCUT2D eigenvalue weighted by Gasteiger charge is -2.41. The van der Waals surface area contributed by atoms with Crippen LogP contribution in [-0.2, 0) is 4.74 Å². The second-order valence-corrected chi connectivity index (χ2v) is 8.05. The van der Waals surface area contributed by atoms with Crippen molar-refractivity contribution in [3.8, 4) is 0 Å². The van der Waals surface area contributed by atoms with Crippen LogP contribution in [0.1, 0.15) is 46.0 Å². The molecule has 5 atom stereocenters. The molecule has 1 aliphatic carbocycles. The molecule has 3 fully saturated rings. The molecule has 0 aromatic heterocycles. The van der Waals surface area contributed by atoms with Crippen LogP contribution in [0, 0.1) is 17.8 Å². The van der Waals surface area contributed by atoms with Crippen molar-refractivity contribution in [3.63, 3.8) is 0 Å². The molecule has 3 aliphatic rings. The van der Waals surface area contributed by atoms with Gasteiger partial charge in [0.25, 0.3) is 0 Å². The van der Waals surface area contributed by atoms with E-state index in [4.69, 9.17) is 4.74 Å². The number of thioether (sulfide) groups is 1. The van der Waals surface area contributed by atoms with Gasteiger partial charge in [-0.2, -0.15) is 11.8 Å². The van der Waals surface area contributed by atoms with E-state index in [0.717, 1.165) is 30.4 Å². The van der Waals surface area contributed by atoms with E-state index in [1.807, 2.05) is 0 Å². The lowest BCUT2D eigenvalue weighted by molar-refractivity contribution is -0.0865. The summed E-state index contributed by atoms with van der Waals surface area (Å²) in [4.78, 5) is 0. The predicted octanol–water partition coefficient (Wildman–Crippen LogP) is 3.31. The lowest BCUT2D eigenvalue weighted by atomic mass is 9.79. The zero-order valence-electron chi connectivity index (χ0n) is 12.5. The Hall–Kier alpha value is 0.270. The third kappa shape index (κ3) is 3.14. The highest BCUT2D eigenvalue weighted by Crippen LogP contribution is 2.48. The minimum atomic E-state index is 0.248. The molecule has 19 heavy (non-hydrogen) atoms. The summed E-state index contributed by atoms with van der Waals surface area (Å²) in [5.74, 6) is 5.30. The normalized spacial score (nSPS) is 43.6. The third-order valence-corrected chi connectivity index (χ3v) is 6.59. The molecule has 0 radical (unpaired) electrons. The Morgan fingerprint density at radius 2 is 2.32 bits per heavy atom. The van der Waals surface area contributed by atoms with Crippen molar-refractivity contribution in [2.24, 2.45) is 17.8 Å². The van der Waals surface area contributed by atoms with E-state index in [9.17, 15) is 0 Å². The minimum absolute atomic E-state index is 0.248. The maximum Gasteiger partial charge on any atom is 0.0783 e. The van der Waals surface area contributed by atoms with E-state index in [0.29, 0.717) is 0 Å². The molecule has 0 aromatic carbocycles. The Morgan fingerprint density at radius 1 is 1.47 bits per heavy atom. The van der Waals surface area contributed by atoms with E-state index in [1.165, 1.54) is 50.2 Å². The Morgan fingerprint density at radius 3 is 2.95 bits per heavy atom. The molecule has 3 heteroatoms. The molecular formula is C16H29NOS. The Kier molecular flexibility index (Phi) is 4.45. The summed E-state index contributed by atoms with van der Waals surface area (Å²) in [6.07, 6.45) is 6.57. The summed E-state index contributed by atoms with van der Waals surface area (Å²) in [5, 5.41) is 3.88. The van der Waals surface area contributed by atoms with Gasteiger partial charge in [-0.05, 0) is 62.2 Å². The smallest absolute Gasteiger partial charge is 0.0783 e. The third-order valence-electron chi connectivity index (χ3n) is 5.37. The van der Waals surface area contributed by atoms with Crippen LogP contribution in [0.25, 0.3) is 0 Å². The van der Waals surface area contributed by atoms with Gasteiger partial charge in [0.05, 0.1) is 5.60 Å². The summed E-state index contributed by atoms with van der Waals surface area (Å²) in [6, 6.07) is 0.765. The van der Waals surface area contributed by atoms with Gasteiger partial charge < -0.3 is 10.1 Å². The van der Waals surface area contributed by atoms with Gasteiger partial charge in [0.1, 0.15) is 0 Å². The summed E-state index contributed by atoms with van der Waals surface area (Å²) in [6.45, 7) is 6.88. The number of hydrogen-bond donors (Lipinski definition) is 1. The molecular weight excluding hydrogens is 254 g/mol. The molecule has 0 bridgehead atoms. The topological polar surface area (TPSA) is 21.3 Å². The SMILES string of the molecule is CCCNC(C1CCOC2(CCSC2)C1)C1CC1C. The first-order chi connectivity index (χ1) is 9.24. The largest absolute Gasteiger partial charge is 0.374 e. The molecule has 110 valence electrons. The molecule has 2 nitrogen and oxygen atoms in total. The van der Waals surface area contributed by atoms with Crippen molar-refractivity contribution in [1.82, 2.24) is 5.32 Å². The van der Waals surface area contributed by atoms with Crippen LogP contribution in [0.2, 0.25) is 0 Å². The standard InChI is InChI=1S/C16H29NOS/c1-3-6-17-15(14-9-12(14)2)13-4-7-18-16(10-13)5-8-19-11-16/h12-15,17H,3-11H2,1-2H3. The first kappa shape index (κ1) is 14.2. The average molecular weight is 283 g/mol. The maximum atomic E-state index is 6.19. The molecule has 2 aliphatic heterocycles. The predicted molar refractivity (Wildman–Crippen MR) is 82.7 cm³/mol. The average Bonchev–Trinajstić information content (AvgIpc) is 2.96. The van der Waals surface area contributed by atoms with Crippen molar-refractivity contribution >= 4 is 11.8 Å². The van der Waals surface area contributed by atoms with E-state index in [2.05, 4.69) is 30.9 Å². The molecule has 1 N–H and O–H groups in total. The van der Waals surface area contributed by atoms with Gasteiger partial charge in [-0.1, -0.05) is 13.8 Å². The van der Waals surface area contributed by atoms with Gasteiger partial charge in [0.2, 0.25) is 0 Å². The van der Waals surface area contributed by atoms with E-state index >= 15 is 0 Å². The Balaban J connectivity index is 1.64. The first-order valence-corrected chi connectivity index (χ1v) is 9.35. The molecule has 1 spiro atoms. The minimum Gasteiger partial charge on any atom is -0.374 e. The quantitative estimate of drug-likeness (QED) is 0.836. The van der Waals surface area contributed by atoms with Gasteiger partial charge in [0.15, 0.2) is 0 Å². The second-order valence-electron chi connectivity index (χ2n) is 6.94. The van der Waals surface area contributed by atoms with Gasteiger partial charge in [0, 0.05) is 18.4 Å². The fraction of sp³-hybridized carbons (Fsp3) is 1.00. The Bertz CT molecular complexity index is 303. The van der Waals surface area contributed by atoms with Crippen molar-refractivity contribution < 1.29 is 4.74 Å². The van der Waals surface area contributed by atoms with Gasteiger partial charge in [-0.3, -0.25) is 0 Å². The van der Waals surface area contributed by atoms with Gasteiger partial charge >= 0.3 is 0 Å². The highest BCUT2D eigenvalue weighted by Gasteiger charge is 2.47. The van der Waals surface area contributed by atoms with Crippen molar-refractivity contribution in [3.05, 3.63) is 0 Å². The number of nitrogens with one attached hydrogen (secondary N) is 1. The molecule has 3 rings (SSSR count). The van der Waals surface area contributed by atoms with Crippen molar-refractivity contribution in [2.45, 2.75) is 57.6 Å². The number of hydrogen-bond acceptors (Lipinski definition) is 3. The van der Waals surface area contributed by atoms with Crippen LogP contribution in [0.4, 0.5) is 0 Å². The molecule has 1 saturated carbocycles. The number of rotatable bonds is 5. The highest BCUT2D eigenvalue weighted by molar-refractivity contribution is 7.99. The fourth-order valence-electron chi connectivity index (χ4n) is 4.07. The second kappa shape index (κ2) is 5.95. The van der Waals surface area contributed by atoms with E-state index in [-0.39, 0.29) is 5.60 Å². The first-order valence-electron chi connectivity index (χ1n) is 8.19. The highest BCUT2D eigenvalue weighted by atomic mass is 32.2. The summed E-state index contributed by atoms with van der Waals surface area (Å²) in [7, 11) is 0. The van der Waals surface area contributed by atoms with Crippen LogP contribution < -0.4 is 5.32 Å². The summed E-state index contributed by atoms with van der Waals surface area (Å²) < 4.78 is 6.19. The summed E-state index contributed by atoms with van der Waals surface area (Å²) >= 11 is 2.09. The fourth-order valence-corrected chi connectivity index (χ4v) is 5.44. The Labute approximate surface area is 122 Å². The van der Waals surface area contributed by atoms with Crippen LogP contribution in [-0.4, -0.2) is 36.3 Å². The van der Waals surface area contributed by atoms with Crippen LogP contribution in [0.5, 0.6) is 0 Å². The molecule has 2 saturated heterocycles. The van der Waals surface area contributed by atoms with Crippen molar-refractivity contribution in [2.75, 3.05) is 24.7 Å². The molecule has 2 heterocycles. The van der Waals surface area contributed by atoms with Gasteiger partial charge in [-0.25, -0.2) is 0 Å². The van der Waals surface area contributed by atoms with Crippen LogP contribution in [0.15, 0.2) is 0 Å². The monoisotopic (exact) mass is 283 g/mol. The lowest BCUT2D eigenvalue weighted by Crippen LogP contribution is -2.48. The van der Waals surface area contributed by atoms with E-state index in [1.54, 1.807) is 0 Å². The van der Waals surface area contributed by atoms with Crippen LogP contribution >= 0.6 is 11.8 Å². The van der Waals surface area contributed by atoms with E-state index < -0.39 is 0 Å². The zero-order valence-corrected chi connectivity index (χ0v) is 13.3.